The van der Waals surface area contributed by atoms with Gasteiger partial charge in [-0.25, -0.2) is 5.43 Å². The molecule has 0 aliphatic rings. The van der Waals surface area contributed by atoms with Crippen LogP contribution in [0.15, 0.2) is 84.0 Å². The molecule has 0 aromatic heterocycles. The van der Waals surface area contributed by atoms with Crippen LogP contribution in [-0.2, 0) is 15.8 Å². The minimum Gasteiger partial charge on any atom is -0.457 e. The van der Waals surface area contributed by atoms with E-state index in [1.807, 2.05) is 30.3 Å². The lowest BCUT2D eigenvalue weighted by molar-refractivity contribution is -0.137. The summed E-state index contributed by atoms with van der Waals surface area (Å²) in [4.78, 5) is 23.8. The number of hydrazone groups is 1. The van der Waals surface area contributed by atoms with Crippen LogP contribution in [-0.4, -0.2) is 18.0 Å². The predicted molar refractivity (Wildman–Crippen MR) is 118 cm³/mol. The number of ether oxygens (including phenoxy) is 1. The van der Waals surface area contributed by atoms with Gasteiger partial charge in [-0.15, -0.1) is 0 Å². The van der Waals surface area contributed by atoms with E-state index in [2.05, 4.69) is 15.8 Å². The van der Waals surface area contributed by atoms with E-state index in [4.69, 9.17) is 4.74 Å². The zero-order valence-corrected chi connectivity index (χ0v) is 17.3. The molecule has 2 amide bonds. The Hall–Kier alpha value is -4.14. The summed E-state index contributed by atoms with van der Waals surface area (Å²) in [6.07, 6.45) is -3.47. The van der Waals surface area contributed by atoms with Gasteiger partial charge in [-0.3, -0.25) is 9.59 Å². The highest BCUT2D eigenvalue weighted by molar-refractivity contribution is 5.93. The number of nitrogens with one attached hydrogen (secondary N) is 2. The van der Waals surface area contributed by atoms with Gasteiger partial charge in [0, 0.05) is 18.5 Å². The van der Waals surface area contributed by atoms with Crippen LogP contribution in [0.5, 0.6) is 11.5 Å². The molecule has 33 heavy (non-hydrogen) atoms. The van der Waals surface area contributed by atoms with Crippen molar-refractivity contribution in [3.8, 4) is 11.5 Å². The number of nitrogens with zero attached hydrogens (tertiary/aromatic N) is 1. The fourth-order valence-electron chi connectivity index (χ4n) is 2.74. The molecule has 170 valence electrons. The van der Waals surface area contributed by atoms with E-state index in [1.54, 1.807) is 24.3 Å². The van der Waals surface area contributed by atoms with Crippen molar-refractivity contribution in [3.05, 3.63) is 90.0 Å². The standard InChI is InChI=1S/C24H20F3N3O3/c25-24(26,27)18-7-5-8-19(15-18)29-22(31)12-13-23(32)30-28-16-17-6-4-11-21(14-17)33-20-9-2-1-3-10-20/h1-11,14-16H,12-13H2,(H,29,31)(H,30,32). The lowest BCUT2D eigenvalue weighted by Crippen LogP contribution is -2.20. The van der Waals surface area contributed by atoms with E-state index in [9.17, 15) is 22.8 Å². The van der Waals surface area contributed by atoms with Gasteiger partial charge in [0.05, 0.1) is 11.8 Å². The number of amides is 2. The SMILES string of the molecule is O=C(CCC(=O)Nc1cccc(C(F)(F)F)c1)NN=Cc1cccc(Oc2ccccc2)c1. The largest absolute Gasteiger partial charge is 0.457 e. The first kappa shape index (κ1) is 23.5. The Labute approximate surface area is 188 Å². The first-order valence-corrected chi connectivity index (χ1v) is 9.91. The smallest absolute Gasteiger partial charge is 0.416 e. The van der Waals surface area contributed by atoms with Gasteiger partial charge in [0.25, 0.3) is 0 Å². The summed E-state index contributed by atoms with van der Waals surface area (Å²) >= 11 is 0. The molecule has 3 aromatic carbocycles. The Morgan fingerprint density at radius 3 is 2.30 bits per heavy atom. The molecule has 0 fully saturated rings. The minimum atomic E-state index is -4.51. The Morgan fingerprint density at radius 1 is 0.848 bits per heavy atom. The number of hydrogen-bond acceptors (Lipinski definition) is 4. The molecule has 3 aromatic rings. The quantitative estimate of drug-likeness (QED) is 0.354. The molecule has 2 N–H and O–H groups in total. The van der Waals surface area contributed by atoms with Crippen LogP contribution < -0.4 is 15.5 Å². The van der Waals surface area contributed by atoms with Crippen molar-refractivity contribution in [1.29, 1.82) is 0 Å². The van der Waals surface area contributed by atoms with Gasteiger partial charge in [0.15, 0.2) is 0 Å². The van der Waals surface area contributed by atoms with E-state index in [-0.39, 0.29) is 18.5 Å². The second-order valence-corrected chi connectivity index (χ2v) is 6.91. The molecule has 0 spiro atoms. The zero-order chi connectivity index (χ0) is 23.7. The summed E-state index contributed by atoms with van der Waals surface area (Å²) in [6.45, 7) is 0. The van der Waals surface area contributed by atoms with E-state index in [0.717, 1.165) is 12.1 Å². The van der Waals surface area contributed by atoms with Gasteiger partial charge in [-0.1, -0.05) is 36.4 Å². The Bertz CT molecular complexity index is 1130. The van der Waals surface area contributed by atoms with Crippen molar-refractivity contribution in [2.45, 2.75) is 19.0 Å². The number of alkyl halides is 3. The topological polar surface area (TPSA) is 79.8 Å². The van der Waals surface area contributed by atoms with Crippen LogP contribution in [0.3, 0.4) is 0 Å². The molecule has 0 aliphatic heterocycles. The molecule has 6 nitrogen and oxygen atoms in total. The average Bonchev–Trinajstić information content (AvgIpc) is 2.78. The maximum Gasteiger partial charge on any atom is 0.416 e. The van der Waals surface area contributed by atoms with E-state index < -0.39 is 23.6 Å². The number of halogens is 3. The molecule has 0 saturated carbocycles. The number of para-hydroxylation sites is 1. The summed E-state index contributed by atoms with van der Waals surface area (Å²) < 4.78 is 43.9. The van der Waals surface area contributed by atoms with Crippen LogP contribution >= 0.6 is 0 Å². The van der Waals surface area contributed by atoms with Gasteiger partial charge in [0.2, 0.25) is 11.8 Å². The monoisotopic (exact) mass is 455 g/mol. The van der Waals surface area contributed by atoms with Crippen molar-refractivity contribution < 1.29 is 27.5 Å². The second kappa shape index (κ2) is 10.9. The van der Waals surface area contributed by atoms with E-state index in [0.29, 0.717) is 17.1 Å². The third kappa shape index (κ3) is 7.80. The lowest BCUT2D eigenvalue weighted by Gasteiger charge is -2.09. The summed E-state index contributed by atoms with van der Waals surface area (Å²) in [5.41, 5.74) is 2.13. The predicted octanol–water partition coefficient (Wildman–Crippen LogP) is 5.37. The molecule has 0 saturated heterocycles. The lowest BCUT2D eigenvalue weighted by atomic mass is 10.2. The van der Waals surface area contributed by atoms with Crippen LogP contribution in [0.1, 0.15) is 24.0 Å². The number of benzene rings is 3. The molecule has 3 rings (SSSR count). The molecule has 0 bridgehead atoms. The third-order valence-electron chi connectivity index (χ3n) is 4.29. The summed E-state index contributed by atoms with van der Waals surface area (Å²) in [5, 5.41) is 6.20. The van der Waals surface area contributed by atoms with Crippen molar-refractivity contribution >= 4 is 23.7 Å². The molecular weight excluding hydrogens is 435 g/mol. The second-order valence-electron chi connectivity index (χ2n) is 6.91. The van der Waals surface area contributed by atoms with Crippen molar-refractivity contribution in [1.82, 2.24) is 5.43 Å². The first-order valence-electron chi connectivity index (χ1n) is 9.91. The Kier molecular flexibility index (Phi) is 7.80. The average molecular weight is 455 g/mol. The Balaban J connectivity index is 1.45. The van der Waals surface area contributed by atoms with Crippen molar-refractivity contribution in [3.63, 3.8) is 0 Å². The summed E-state index contributed by atoms with van der Waals surface area (Å²) in [7, 11) is 0. The van der Waals surface area contributed by atoms with Crippen molar-refractivity contribution in [2.75, 3.05) is 5.32 Å². The fraction of sp³-hybridized carbons (Fsp3) is 0.125. The highest BCUT2D eigenvalue weighted by atomic mass is 19.4. The normalized spacial score (nSPS) is 11.2. The van der Waals surface area contributed by atoms with Crippen LogP contribution in [0, 0.1) is 0 Å². The third-order valence-corrected chi connectivity index (χ3v) is 4.29. The first-order chi connectivity index (χ1) is 15.8. The fourth-order valence-corrected chi connectivity index (χ4v) is 2.74. The molecule has 0 heterocycles. The van der Waals surface area contributed by atoms with Gasteiger partial charge in [-0.05, 0) is 48.0 Å². The number of carbonyl (C=O) groups is 2. The molecule has 0 aliphatic carbocycles. The molecule has 0 radical (unpaired) electrons. The molecular formula is C24H20F3N3O3. The number of carbonyl (C=O) groups excluding carboxylic acids is 2. The highest BCUT2D eigenvalue weighted by Gasteiger charge is 2.30. The van der Waals surface area contributed by atoms with Crippen LogP contribution in [0.2, 0.25) is 0 Å². The summed E-state index contributed by atoms with van der Waals surface area (Å²) in [6, 6.07) is 20.6. The number of rotatable bonds is 8. The molecule has 0 atom stereocenters. The van der Waals surface area contributed by atoms with E-state index in [1.165, 1.54) is 18.3 Å². The van der Waals surface area contributed by atoms with Gasteiger partial charge >= 0.3 is 6.18 Å². The van der Waals surface area contributed by atoms with Crippen LogP contribution in [0.25, 0.3) is 0 Å². The number of hydrogen-bond donors (Lipinski definition) is 2. The maximum absolute atomic E-state index is 12.7. The Morgan fingerprint density at radius 2 is 1.55 bits per heavy atom. The van der Waals surface area contributed by atoms with Gasteiger partial charge < -0.3 is 10.1 Å². The molecule has 9 heteroatoms. The van der Waals surface area contributed by atoms with Crippen molar-refractivity contribution in [2.24, 2.45) is 5.10 Å². The van der Waals surface area contributed by atoms with Gasteiger partial charge in [-0.2, -0.15) is 18.3 Å². The van der Waals surface area contributed by atoms with E-state index >= 15 is 0 Å². The molecule has 0 unspecified atom stereocenters. The highest BCUT2D eigenvalue weighted by Crippen LogP contribution is 2.30. The van der Waals surface area contributed by atoms with Crippen LogP contribution in [0.4, 0.5) is 18.9 Å². The van der Waals surface area contributed by atoms with Gasteiger partial charge in [0.1, 0.15) is 11.5 Å². The number of anilines is 1. The summed E-state index contributed by atoms with van der Waals surface area (Å²) in [5.74, 6) is 0.187. The zero-order valence-electron chi connectivity index (χ0n) is 17.3. The maximum atomic E-state index is 12.7. The minimum absolute atomic E-state index is 0.00542.